The molecule has 1 aliphatic rings. The summed E-state index contributed by atoms with van der Waals surface area (Å²) in [4.78, 5) is 2.42. The van der Waals surface area contributed by atoms with Gasteiger partial charge in [-0.3, -0.25) is 0 Å². The Morgan fingerprint density at radius 1 is 1.38 bits per heavy atom. The molecule has 1 aliphatic heterocycles. The smallest absolute Gasteiger partial charge is 0.0476 e. The van der Waals surface area contributed by atoms with E-state index in [1.165, 1.54) is 23.2 Å². The summed E-state index contributed by atoms with van der Waals surface area (Å²) in [6.45, 7) is 6.75. The Kier molecular flexibility index (Phi) is 3.49. The van der Waals surface area contributed by atoms with E-state index >= 15 is 0 Å². The molecule has 0 bridgehead atoms. The molecule has 1 fully saturated rings. The van der Waals surface area contributed by atoms with Crippen LogP contribution in [0.5, 0.6) is 0 Å². The van der Waals surface area contributed by atoms with Crippen LogP contribution in [0.2, 0.25) is 0 Å². The lowest BCUT2D eigenvalue weighted by molar-refractivity contribution is 0.208. The molecule has 1 atom stereocenters. The summed E-state index contributed by atoms with van der Waals surface area (Å²) in [5, 5.41) is 9.25. The van der Waals surface area contributed by atoms with Crippen LogP contribution in [-0.2, 0) is 0 Å². The third kappa shape index (κ3) is 2.38. The minimum atomic E-state index is 0.321. The number of aliphatic hydroxyl groups excluding tert-OH is 1. The highest BCUT2D eigenvalue weighted by Gasteiger charge is 2.20. The zero-order valence-corrected chi connectivity index (χ0v) is 10.2. The molecule has 0 spiro atoms. The molecule has 88 valence electrons. The topological polar surface area (TPSA) is 23.5 Å². The van der Waals surface area contributed by atoms with Crippen LogP contribution in [0, 0.1) is 19.8 Å². The van der Waals surface area contributed by atoms with Gasteiger partial charge in [-0.15, -0.1) is 0 Å². The van der Waals surface area contributed by atoms with Crippen molar-refractivity contribution in [1.29, 1.82) is 0 Å². The number of hydrogen-bond acceptors (Lipinski definition) is 2. The van der Waals surface area contributed by atoms with Crippen LogP contribution in [0.1, 0.15) is 24.0 Å². The fraction of sp³-hybridized carbons (Fsp3) is 0.571. The number of benzene rings is 1. The minimum Gasteiger partial charge on any atom is -0.396 e. The fourth-order valence-electron chi connectivity index (χ4n) is 2.49. The van der Waals surface area contributed by atoms with Crippen molar-refractivity contribution in [3.63, 3.8) is 0 Å². The van der Waals surface area contributed by atoms with Crippen molar-refractivity contribution in [2.75, 3.05) is 24.6 Å². The molecular weight excluding hydrogens is 198 g/mol. The van der Waals surface area contributed by atoms with Gasteiger partial charge in [0.2, 0.25) is 0 Å². The van der Waals surface area contributed by atoms with Crippen molar-refractivity contribution in [3.8, 4) is 0 Å². The van der Waals surface area contributed by atoms with Crippen molar-refractivity contribution in [2.45, 2.75) is 26.7 Å². The largest absolute Gasteiger partial charge is 0.396 e. The van der Waals surface area contributed by atoms with Gasteiger partial charge in [0.25, 0.3) is 0 Å². The summed E-state index contributed by atoms with van der Waals surface area (Å²) in [6.07, 6.45) is 2.36. The Bertz CT molecular complexity index is 362. The molecule has 1 aromatic rings. The number of aryl methyl sites for hydroxylation is 2. The summed E-state index contributed by atoms with van der Waals surface area (Å²) >= 11 is 0. The van der Waals surface area contributed by atoms with Gasteiger partial charge in [-0.1, -0.05) is 12.1 Å². The van der Waals surface area contributed by atoms with E-state index in [1.807, 2.05) is 0 Å². The maximum atomic E-state index is 9.25. The second-order valence-corrected chi connectivity index (χ2v) is 4.93. The van der Waals surface area contributed by atoms with E-state index in [9.17, 15) is 5.11 Å². The Hall–Kier alpha value is -1.02. The molecule has 1 N–H and O–H groups in total. The fourth-order valence-corrected chi connectivity index (χ4v) is 2.49. The highest BCUT2D eigenvalue weighted by molar-refractivity contribution is 5.55. The standard InChI is InChI=1S/C14H21NO/c1-11-5-6-12(2)14(8-11)15-7-3-4-13(9-15)10-16/h5-6,8,13,16H,3-4,7,9-10H2,1-2H3. The highest BCUT2D eigenvalue weighted by Crippen LogP contribution is 2.26. The van der Waals surface area contributed by atoms with Gasteiger partial charge in [-0.2, -0.15) is 0 Å². The van der Waals surface area contributed by atoms with Crippen LogP contribution < -0.4 is 4.90 Å². The Morgan fingerprint density at radius 3 is 2.94 bits per heavy atom. The Balaban J connectivity index is 2.19. The molecular formula is C14H21NO. The van der Waals surface area contributed by atoms with Crippen molar-refractivity contribution < 1.29 is 5.11 Å². The SMILES string of the molecule is Cc1ccc(C)c(N2CCCC(CO)C2)c1. The van der Waals surface area contributed by atoms with E-state index in [0.29, 0.717) is 12.5 Å². The third-order valence-corrected chi connectivity index (χ3v) is 3.48. The van der Waals surface area contributed by atoms with Crippen LogP contribution in [0.15, 0.2) is 18.2 Å². The first kappa shape index (κ1) is 11.5. The van der Waals surface area contributed by atoms with Crippen LogP contribution in [0.25, 0.3) is 0 Å². The highest BCUT2D eigenvalue weighted by atomic mass is 16.3. The number of aliphatic hydroxyl groups is 1. The number of rotatable bonds is 2. The molecule has 0 aromatic heterocycles. The van der Waals surface area contributed by atoms with E-state index in [1.54, 1.807) is 0 Å². The number of hydrogen-bond donors (Lipinski definition) is 1. The van der Waals surface area contributed by atoms with Crippen molar-refractivity contribution >= 4 is 5.69 Å². The van der Waals surface area contributed by atoms with Crippen molar-refractivity contribution in [3.05, 3.63) is 29.3 Å². The lowest BCUT2D eigenvalue weighted by Gasteiger charge is -2.34. The molecule has 1 unspecified atom stereocenters. The molecule has 2 rings (SSSR count). The summed E-state index contributed by atoms with van der Waals surface area (Å²) in [7, 11) is 0. The molecule has 0 saturated carbocycles. The molecule has 0 amide bonds. The van der Waals surface area contributed by atoms with E-state index in [-0.39, 0.29) is 0 Å². The van der Waals surface area contributed by atoms with Gasteiger partial charge < -0.3 is 10.0 Å². The van der Waals surface area contributed by atoms with Crippen LogP contribution in [0.3, 0.4) is 0 Å². The second kappa shape index (κ2) is 4.88. The summed E-state index contributed by atoms with van der Waals surface area (Å²) in [5.74, 6) is 0.452. The quantitative estimate of drug-likeness (QED) is 0.826. The molecule has 2 nitrogen and oxygen atoms in total. The first-order valence-corrected chi connectivity index (χ1v) is 6.14. The molecule has 1 saturated heterocycles. The average molecular weight is 219 g/mol. The minimum absolute atomic E-state index is 0.321. The zero-order valence-electron chi connectivity index (χ0n) is 10.2. The van der Waals surface area contributed by atoms with E-state index in [0.717, 1.165) is 19.5 Å². The van der Waals surface area contributed by atoms with Crippen molar-refractivity contribution in [1.82, 2.24) is 0 Å². The van der Waals surface area contributed by atoms with Gasteiger partial charge in [0.1, 0.15) is 0 Å². The molecule has 1 heterocycles. The Morgan fingerprint density at radius 2 is 2.19 bits per heavy atom. The summed E-state index contributed by atoms with van der Waals surface area (Å²) in [5.41, 5.74) is 3.99. The maximum absolute atomic E-state index is 9.25. The van der Waals surface area contributed by atoms with Gasteiger partial charge in [-0.25, -0.2) is 0 Å². The molecule has 0 radical (unpaired) electrons. The normalized spacial score (nSPS) is 21.2. The van der Waals surface area contributed by atoms with Gasteiger partial charge in [0, 0.05) is 25.4 Å². The molecule has 0 aliphatic carbocycles. The first-order valence-electron chi connectivity index (χ1n) is 6.14. The third-order valence-electron chi connectivity index (χ3n) is 3.48. The van der Waals surface area contributed by atoms with Crippen LogP contribution in [-0.4, -0.2) is 24.8 Å². The predicted octanol–water partition coefficient (Wildman–Crippen LogP) is 2.51. The van der Waals surface area contributed by atoms with Gasteiger partial charge >= 0.3 is 0 Å². The van der Waals surface area contributed by atoms with E-state index in [2.05, 4.69) is 36.9 Å². The monoisotopic (exact) mass is 219 g/mol. The lowest BCUT2D eigenvalue weighted by atomic mass is 9.97. The molecule has 2 heteroatoms. The zero-order chi connectivity index (χ0) is 11.5. The Labute approximate surface area is 97.9 Å². The predicted molar refractivity (Wildman–Crippen MR) is 67.9 cm³/mol. The second-order valence-electron chi connectivity index (χ2n) is 4.93. The van der Waals surface area contributed by atoms with Crippen LogP contribution >= 0.6 is 0 Å². The van der Waals surface area contributed by atoms with Crippen LogP contribution in [0.4, 0.5) is 5.69 Å². The van der Waals surface area contributed by atoms with E-state index in [4.69, 9.17) is 0 Å². The van der Waals surface area contributed by atoms with E-state index < -0.39 is 0 Å². The molecule has 16 heavy (non-hydrogen) atoms. The summed E-state index contributed by atoms with van der Waals surface area (Å²) < 4.78 is 0. The number of anilines is 1. The lowest BCUT2D eigenvalue weighted by Crippen LogP contribution is -2.37. The van der Waals surface area contributed by atoms with Gasteiger partial charge in [0.15, 0.2) is 0 Å². The number of piperidine rings is 1. The van der Waals surface area contributed by atoms with Gasteiger partial charge in [0.05, 0.1) is 0 Å². The maximum Gasteiger partial charge on any atom is 0.0476 e. The van der Waals surface area contributed by atoms with Crippen molar-refractivity contribution in [2.24, 2.45) is 5.92 Å². The van der Waals surface area contributed by atoms with Gasteiger partial charge in [-0.05, 0) is 49.8 Å². The number of nitrogens with zero attached hydrogens (tertiary/aromatic N) is 1. The summed E-state index contributed by atoms with van der Waals surface area (Å²) in [6, 6.07) is 6.61. The molecule has 1 aromatic carbocycles. The average Bonchev–Trinajstić information content (AvgIpc) is 2.32. The first-order chi connectivity index (χ1) is 7.70.